The van der Waals surface area contributed by atoms with Crippen LogP contribution in [0.3, 0.4) is 0 Å². The van der Waals surface area contributed by atoms with E-state index < -0.39 is 17.3 Å². The van der Waals surface area contributed by atoms with E-state index in [4.69, 9.17) is 11.6 Å². The third-order valence-electron chi connectivity index (χ3n) is 5.46. The largest absolute Gasteiger partial charge is 0.323 e. The van der Waals surface area contributed by atoms with Crippen molar-refractivity contribution in [2.75, 3.05) is 10.2 Å². The Kier molecular flexibility index (Phi) is 3.58. The van der Waals surface area contributed by atoms with Crippen LogP contribution in [0.15, 0.2) is 72.8 Å². The summed E-state index contributed by atoms with van der Waals surface area (Å²) in [5, 5.41) is 3.45. The number of hydrogen-bond acceptors (Lipinski definition) is 2. The lowest BCUT2D eigenvalue weighted by Crippen LogP contribution is -2.70. The second-order valence-electron chi connectivity index (χ2n) is 6.90. The summed E-state index contributed by atoms with van der Waals surface area (Å²) in [4.78, 5) is 28.0. The maximum Gasteiger partial charge on any atom is 0.256 e. The van der Waals surface area contributed by atoms with E-state index in [2.05, 4.69) is 5.32 Å². The number of hydrogen-bond donors (Lipinski definition) is 1. The summed E-state index contributed by atoms with van der Waals surface area (Å²) >= 11 is 6.00. The van der Waals surface area contributed by atoms with Crippen molar-refractivity contribution >= 4 is 34.8 Å². The van der Waals surface area contributed by atoms with Gasteiger partial charge in [-0.1, -0.05) is 41.9 Å². The minimum Gasteiger partial charge on any atom is -0.323 e. The van der Waals surface area contributed by atoms with Crippen molar-refractivity contribution in [3.05, 3.63) is 94.8 Å². The Morgan fingerprint density at radius 3 is 2.32 bits per heavy atom. The molecule has 0 bridgehead atoms. The first-order valence-corrected chi connectivity index (χ1v) is 9.17. The van der Waals surface area contributed by atoms with Gasteiger partial charge in [-0.05, 0) is 48.0 Å². The molecular weight excluding hydrogens is 379 g/mol. The Bertz CT molecular complexity index is 1060. The van der Waals surface area contributed by atoms with Crippen LogP contribution in [-0.2, 0) is 15.1 Å². The monoisotopic (exact) mass is 392 g/mol. The number of anilines is 2. The first-order chi connectivity index (χ1) is 13.5. The molecule has 1 spiro atoms. The number of benzene rings is 3. The van der Waals surface area contributed by atoms with Crippen LogP contribution in [-0.4, -0.2) is 11.8 Å². The van der Waals surface area contributed by atoms with Crippen molar-refractivity contribution in [2.45, 2.75) is 11.5 Å². The summed E-state index contributed by atoms with van der Waals surface area (Å²) in [6.45, 7) is 0. The number of halogens is 2. The predicted molar refractivity (Wildman–Crippen MR) is 105 cm³/mol. The molecule has 138 valence electrons. The molecule has 0 unspecified atom stereocenters. The van der Waals surface area contributed by atoms with Crippen LogP contribution in [0.1, 0.15) is 17.0 Å². The number of carbonyl (C=O) groups excluding carboxylic acids is 2. The Morgan fingerprint density at radius 2 is 1.61 bits per heavy atom. The van der Waals surface area contributed by atoms with Gasteiger partial charge in [-0.15, -0.1) is 0 Å². The molecule has 1 saturated heterocycles. The van der Waals surface area contributed by atoms with E-state index in [9.17, 15) is 14.0 Å². The van der Waals surface area contributed by atoms with Crippen LogP contribution in [0.25, 0.3) is 0 Å². The zero-order chi connectivity index (χ0) is 19.5. The van der Waals surface area contributed by atoms with Gasteiger partial charge in [0.15, 0.2) is 5.54 Å². The smallest absolute Gasteiger partial charge is 0.256 e. The normalized spacial score (nSPS) is 22.8. The zero-order valence-electron chi connectivity index (χ0n) is 14.5. The van der Waals surface area contributed by atoms with Crippen LogP contribution < -0.4 is 10.2 Å². The van der Waals surface area contributed by atoms with Gasteiger partial charge < -0.3 is 5.32 Å². The molecular formula is C22H14ClFN2O2. The van der Waals surface area contributed by atoms with E-state index in [1.54, 1.807) is 24.3 Å². The summed E-state index contributed by atoms with van der Waals surface area (Å²) in [5.74, 6) is -1.60. The van der Waals surface area contributed by atoms with Gasteiger partial charge in [-0.3, -0.25) is 14.5 Å². The first-order valence-electron chi connectivity index (χ1n) is 8.79. The number of fused-ring (bicyclic) bond motifs is 2. The van der Waals surface area contributed by atoms with Crippen molar-refractivity contribution in [3.63, 3.8) is 0 Å². The quantitative estimate of drug-likeness (QED) is 0.655. The SMILES string of the molecule is O=C1[C@H](c2ccc(Cl)cc2)[C@@]2(C(=O)Nc3ccccc32)N1c1ccc(F)cc1. The maximum atomic E-state index is 13.4. The lowest BCUT2D eigenvalue weighted by Gasteiger charge is -2.54. The average Bonchev–Trinajstić information content (AvgIpc) is 2.99. The Hall–Kier alpha value is -3.18. The molecule has 6 heteroatoms. The third kappa shape index (κ3) is 2.11. The van der Waals surface area contributed by atoms with Gasteiger partial charge in [0.05, 0.1) is 0 Å². The molecule has 1 N–H and O–H groups in total. The molecule has 0 radical (unpaired) electrons. The van der Waals surface area contributed by atoms with E-state index >= 15 is 0 Å². The second-order valence-corrected chi connectivity index (χ2v) is 7.34. The fourth-order valence-electron chi connectivity index (χ4n) is 4.28. The summed E-state index contributed by atoms with van der Waals surface area (Å²) in [6.07, 6.45) is 0. The molecule has 4 nitrogen and oxygen atoms in total. The Labute approximate surface area is 165 Å². The van der Waals surface area contributed by atoms with Gasteiger partial charge >= 0.3 is 0 Å². The van der Waals surface area contributed by atoms with Crippen LogP contribution in [0.2, 0.25) is 5.02 Å². The Morgan fingerprint density at radius 1 is 0.929 bits per heavy atom. The van der Waals surface area contributed by atoms with Crippen molar-refractivity contribution < 1.29 is 14.0 Å². The standard InChI is InChI=1S/C22H14ClFN2O2/c23-14-7-5-13(6-8-14)19-20(27)26(16-11-9-15(24)10-12-16)22(19)17-3-1-2-4-18(17)25-21(22)28/h1-12,19H,(H,25,28)/t19-,22-/m0/s1. The van der Waals surface area contributed by atoms with E-state index in [1.165, 1.54) is 29.2 Å². The van der Waals surface area contributed by atoms with Crippen LogP contribution >= 0.6 is 11.6 Å². The number of nitrogens with one attached hydrogen (secondary N) is 1. The predicted octanol–water partition coefficient (Wildman–Crippen LogP) is 4.46. The first kappa shape index (κ1) is 17.0. The van der Waals surface area contributed by atoms with E-state index in [-0.39, 0.29) is 11.8 Å². The molecule has 0 aliphatic carbocycles. The van der Waals surface area contributed by atoms with Gasteiger partial charge in [-0.25, -0.2) is 4.39 Å². The lowest BCUT2D eigenvalue weighted by molar-refractivity contribution is -0.139. The summed E-state index contributed by atoms with van der Waals surface area (Å²) in [6, 6.07) is 19.9. The third-order valence-corrected chi connectivity index (χ3v) is 5.71. The molecule has 3 aromatic carbocycles. The Balaban J connectivity index is 1.74. The number of para-hydroxylation sites is 1. The highest BCUT2D eigenvalue weighted by molar-refractivity contribution is 6.30. The summed E-state index contributed by atoms with van der Waals surface area (Å²) in [7, 11) is 0. The van der Waals surface area contributed by atoms with Crippen molar-refractivity contribution in [1.29, 1.82) is 0 Å². The molecule has 5 rings (SSSR count). The highest BCUT2D eigenvalue weighted by Gasteiger charge is 2.69. The van der Waals surface area contributed by atoms with Crippen molar-refractivity contribution in [3.8, 4) is 0 Å². The molecule has 0 saturated carbocycles. The molecule has 28 heavy (non-hydrogen) atoms. The number of amides is 2. The molecule has 2 atom stereocenters. The second kappa shape index (κ2) is 5.91. The minimum absolute atomic E-state index is 0.221. The van der Waals surface area contributed by atoms with Gasteiger partial charge in [-0.2, -0.15) is 0 Å². The molecule has 1 fully saturated rings. The molecule has 2 amide bonds. The maximum absolute atomic E-state index is 13.4. The molecule has 2 heterocycles. The highest BCUT2D eigenvalue weighted by Crippen LogP contribution is 2.58. The van der Waals surface area contributed by atoms with Gasteiger partial charge in [0.25, 0.3) is 5.91 Å². The van der Waals surface area contributed by atoms with Crippen LogP contribution in [0.5, 0.6) is 0 Å². The zero-order valence-corrected chi connectivity index (χ0v) is 15.3. The van der Waals surface area contributed by atoms with Gasteiger partial charge in [0, 0.05) is 22.0 Å². The van der Waals surface area contributed by atoms with E-state index in [0.717, 1.165) is 5.56 Å². The molecule has 3 aromatic rings. The molecule has 2 aliphatic heterocycles. The minimum atomic E-state index is -1.22. The lowest BCUT2D eigenvalue weighted by atomic mass is 9.66. The van der Waals surface area contributed by atoms with Crippen molar-refractivity contribution in [2.24, 2.45) is 0 Å². The fraction of sp³-hybridized carbons (Fsp3) is 0.0909. The van der Waals surface area contributed by atoms with Gasteiger partial charge in [0.2, 0.25) is 5.91 Å². The number of carbonyl (C=O) groups is 2. The summed E-state index contributed by atoms with van der Waals surface area (Å²) in [5.41, 5.74) is 1.36. The van der Waals surface area contributed by atoms with Gasteiger partial charge in [0.1, 0.15) is 11.7 Å². The molecule has 0 aromatic heterocycles. The molecule has 2 aliphatic rings. The van der Waals surface area contributed by atoms with Crippen molar-refractivity contribution in [1.82, 2.24) is 0 Å². The highest BCUT2D eigenvalue weighted by atomic mass is 35.5. The number of nitrogens with zero attached hydrogens (tertiary/aromatic N) is 1. The topological polar surface area (TPSA) is 49.4 Å². The fourth-order valence-corrected chi connectivity index (χ4v) is 4.40. The summed E-state index contributed by atoms with van der Waals surface area (Å²) < 4.78 is 13.4. The number of β-lactam (4-membered cyclic amide) rings is 1. The van der Waals surface area contributed by atoms with E-state index in [1.807, 2.05) is 24.3 Å². The van der Waals surface area contributed by atoms with Crippen LogP contribution in [0.4, 0.5) is 15.8 Å². The average molecular weight is 393 g/mol. The number of rotatable bonds is 2. The van der Waals surface area contributed by atoms with E-state index in [0.29, 0.717) is 22.0 Å². The van der Waals surface area contributed by atoms with Crippen LogP contribution in [0, 0.1) is 5.82 Å².